The van der Waals surface area contributed by atoms with Crippen molar-refractivity contribution >= 4 is 27.2 Å². The van der Waals surface area contributed by atoms with Crippen LogP contribution in [0.1, 0.15) is 19.4 Å². The maximum absolute atomic E-state index is 12.6. The Balaban J connectivity index is 2.07. The van der Waals surface area contributed by atoms with Crippen LogP contribution in [0, 0.1) is 5.92 Å². The van der Waals surface area contributed by atoms with E-state index in [0.717, 1.165) is 22.2 Å². The highest BCUT2D eigenvalue weighted by Crippen LogP contribution is 2.30. The summed E-state index contributed by atoms with van der Waals surface area (Å²) in [4.78, 5) is 18.3. The minimum Gasteiger partial charge on any atom is -0.286 e. The monoisotopic (exact) mass is 338 g/mol. The zero-order valence-corrected chi connectivity index (χ0v) is 14.7. The van der Waals surface area contributed by atoms with Crippen molar-refractivity contribution in [3.8, 4) is 11.4 Å². The molecule has 0 saturated heterocycles. The number of fused-ring (bicyclic) bond motifs is 3. The van der Waals surface area contributed by atoms with Gasteiger partial charge in [0.1, 0.15) is 4.83 Å². The van der Waals surface area contributed by atoms with Crippen LogP contribution in [0.3, 0.4) is 0 Å². The van der Waals surface area contributed by atoms with Crippen LogP contribution in [0.15, 0.2) is 40.5 Å². The highest BCUT2D eigenvalue weighted by Gasteiger charge is 2.18. The maximum Gasteiger partial charge on any atom is 0.351 e. The summed E-state index contributed by atoms with van der Waals surface area (Å²) in [6.45, 7) is 4.39. The Morgan fingerprint density at radius 2 is 1.96 bits per heavy atom. The van der Waals surface area contributed by atoms with Gasteiger partial charge in [0, 0.05) is 12.6 Å². The summed E-state index contributed by atoms with van der Waals surface area (Å²) in [5.74, 6) is 1.12. The third kappa shape index (κ3) is 2.26. The molecule has 4 rings (SSSR count). The molecule has 0 unspecified atom stereocenters. The third-order valence-corrected chi connectivity index (χ3v) is 5.22. The van der Waals surface area contributed by atoms with Crippen LogP contribution >= 0.6 is 11.3 Å². The molecule has 0 aliphatic heterocycles. The Bertz CT molecular complexity index is 1090. The minimum absolute atomic E-state index is 0.162. The van der Waals surface area contributed by atoms with Gasteiger partial charge in [-0.3, -0.25) is 4.57 Å². The van der Waals surface area contributed by atoms with Crippen LogP contribution in [0.5, 0.6) is 0 Å². The van der Waals surface area contributed by atoms with E-state index in [1.165, 1.54) is 10.1 Å². The third-order valence-electron chi connectivity index (χ3n) is 4.11. The highest BCUT2D eigenvalue weighted by molar-refractivity contribution is 7.17. The lowest BCUT2D eigenvalue weighted by Gasteiger charge is -2.05. The Kier molecular flexibility index (Phi) is 3.49. The molecule has 3 heterocycles. The summed E-state index contributed by atoms with van der Waals surface area (Å²) in [5.41, 5.74) is 2.64. The van der Waals surface area contributed by atoms with Crippen molar-refractivity contribution in [2.75, 3.05) is 0 Å². The molecule has 3 aromatic heterocycles. The van der Waals surface area contributed by atoms with E-state index in [2.05, 4.69) is 24.3 Å². The van der Waals surface area contributed by atoms with Crippen molar-refractivity contribution in [3.63, 3.8) is 0 Å². The number of nitrogens with zero attached hydrogens (tertiary/aromatic N) is 4. The van der Waals surface area contributed by atoms with Crippen molar-refractivity contribution in [1.82, 2.24) is 19.2 Å². The molecule has 122 valence electrons. The standard InChI is InChI=1S/C18H18N4OS/c1-11(2)9-13-10-24-17-14(13)16-19-15(12-7-5-4-6-8-12)20-22(16)18(23)21(17)3/h4-8,10-11H,9H2,1-3H3. The van der Waals surface area contributed by atoms with Crippen molar-refractivity contribution < 1.29 is 0 Å². The van der Waals surface area contributed by atoms with Gasteiger partial charge in [0.05, 0.1) is 5.39 Å². The van der Waals surface area contributed by atoms with Gasteiger partial charge >= 0.3 is 5.69 Å². The predicted molar refractivity (Wildman–Crippen MR) is 97.6 cm³/mol. The quantitative estimate of drug-likeness (QED) is 0.574. The van der Waals surface area contributed by atoms with Gasteiger partial charge in [0.2, 0.25) is 0 Å². The van der Waals surface area contributed by atoms with Gasteiger partial charge in [-0.1, -0.05) is 44.2 Å². The predicted octanol–water partition coefficient (Wildman–Crippen LogP) is 3.51. The van der Waals surface area contributed by atoms with Crippen LogP contribution < -0.4 is 5.69 Å². The molecule has 4 aromatic rings. The lowest BCUT2D eigenvalue weighted by molar-refractivity contribution is 0.651. The topological polar surface area (TPSA) is 52.2 Å². The van der Waals surface area contributed by atoms with E-state index in [0.29, 0.717) is 17.4 Å². The molecule has 0 amide bonds. The van der Waals surface area contributed by atoms with Crippen molar-refractivity contribution in [2.45, 2.75) is 20.3 Å². The van der Waals surface area contributed by atoms with Crippen LogP contribution in [0.2, 0.25) is 0 Å². The molecule has 0 aliphatic rings. The first kappa shape index (κ1) is 15.1. The highest BCUT2D eigenvalue weighted by atomic mass is 32.1. The van der Waals surface area contributed by atoms with E-state index in [1.807, 2.05) is 30.3 Å². The zero-order chi connectivity index (χ0) is 16.8. The molecule has 0 aliphatic carbocycles. The van der Waals surface area contributed by atoms with Gasteiger partial charge in [0.15, 0.2) is 11.5 Å². The average molecular weight is 338 g/mol. The molecule has 5 nitrogen and oxygen atoms in total. The molecule has 0 N–H and O–H groups in total. The van der Waals surface area contributed by atoms with Crippen molar-refractivity contribution in [3.05, 3.63) is 51.8 Å². The molecule has 0 atom stereocenters. The van der Waals surface area contributed by atoms with Gasteiger partial charge in [-0.25, -0.2) is 9.78 Å². The van der Waals surface area contributed by atoms with E-state index in [-0.39, 0.29) is 5.69 Å². The van der Waals surface area contributed by atoms with E-state index >= 15 is 0 Å². The van der Waals surface area contributed by atoms with E-state index in [4.69, 9.17) is 4.98 Å². The van der Waals surface area contributed by atoms with E-state index < -0.39 is 0 Å². The van der Waals surface area contributed by atoms with Gasteiger partial charge in [0.25, 0.3) is 0 Å². The Labute approximate surface area is 143 Å². The molecule has 0 spiro atoms. The summed E-state index contributed by atoms with van der Waals surface area (Å²) in [7, 11) is 1.80. The largest absolute Gasteiger partial charge is 0.351 e. The summed E-state index contributed by atoms with van der Waals surface area (Å²) in [5, 5.41) is 7.66. The first-order chi connectivity index (χ1) is 11.6. The number of hydrogen-bond acceptors (Lipinski definition) is 4. The second-order valence-electron chi connectivity index (χ2n) is 6.42. The summed E-state index contributed by atoms with van der Waals surface area (Å²) >= 11 is 1.60. The molecule has 6 heteroatoms. The van der Waals surface area contributed by atoms with Crippen LogP contribution in [0.25, 0.3) is 27.3 Å². The molecule has 0 fully saturated rings. The van der Waals surface area contributed by atoms with Crippen molar-refractivity contribution in [1.29, 1.82) is 0 Å². The molecule has 1 aromatic carbocycles. The SMILES string of the molecule is CC(C)Cc1csc2c1c1nc(-c3ccccc3)nn1c(=O)n2C. The molecule has 0 saturated carbocycles. The summed E-state index contributed by atoms with van der Waals surface area (Å²) in [6, 6.07) is 9.77. The fraction of sp³-hybridized carbons (Fsp3) is 0.278. The summed E-state index contributed by atoms with van der Waals surface area (Å²) in [6.07, 6.45) is 0.960. The number of benzene rings is 1. The molecular weight excluding hydrogens is 320 g/mol. The second-order valence-corrected chi connectivity index (χ2v) is 7.28. The van der Waals surface area contributed by atoms with Gasteiger partial charge in [-0.2, -0.15) is 4.52 Å². The van der Waals surface area contributed by atoms with Crippen LogP contribution in [0.4, 0.5) is 0 Å². The zero-order valence-electron chi connectivity index (χ0n) is 13.9. The minimum atomic E-state index is -0.162. The second kappa shape index (κ2) is 5.56. The van der Waals surface area contributed by atoms with Gasteiger partial charge < -0.3 is 0 Å². The number of aryl methyl sites for hydroxylation is 1. The van der Waals surface area contributed by atoms with Gasteiger partial charge in [-0.15, -0.1) is 16.4 Å². The number of hydrogen-bond donors (Lipinski definition) is 0. The smallest absolute Gasteiger partial charge is 0.286 e. The maximum atomic E-state index is 12.6. The molecule has 24 heavy (non-hydrogen) atoms. The Morgan fingerprint density at radius 1 is 1.21 bits per heavy atom. The normalized spacial score (nSPS) is 11.8. The number of rotatable bonds is 3. The number of aromatic nitrogens is 4. The molecular formula is C18H18N4OS. The molecule has 0 bridgehead atoms. The lowest BCUT2D eigenvalue weighted by atomic mass is 10.0. The average Bonchev–Trinajstić information content (AvgIpc) is 3.17. The van der Waals surface area contributed by atoms with E-state index in [1.54, 1.807) is 23.0 Å². The van der Waals surface area contributed by atoms with Gasteiger partial charge in [-0.05, 0) is 23.3 Å². The molecule has 0 radical (unpaired) electrons. The summed E-state index contributed by atoms with van der Waals surface area (Å²) < 4.78 is 3.10. The fourth-order valence-electron chi connectivity index (χ4n) is 3.00. The van der Waals surface area contributed by atoms with Crippen LogP contribution in [-0.4, -0.2) is 19.2 Å². The lowest BCUT2D eigenvalue weighted by Crippen LogP contribution is -2.25. The van der Waals surface area contributed by atoms with Crippen LogP contribution in [-0.2, 0) is 13.5 Å². The van der Waals surface area contributed by atoms with E-state index in [9.17, 15) is 4.79 Å². The number of thiophene rings is 1. The van der Waals surface area contributed by atoms with Crippen molar-refractivity contribution in [2.24, 2.45) is 13.0 Å². The first-order valence-electron chi connectivity index (χ1n) is 7.97. The fourth-order valence-corrected chi connectivity index (χ4v) is 4.05. The first-order valence-corrected chi connectivity index (χ1v) is 8.85. The Morgan fingerprint density at radius 3 is 2.67 bits per heavy atom. The Hall–Kier alpha value is -2.47.